The van der Waals surface area contributed by atoms with Crippen LogP contribution in [0.4, 0.5) is 11.4 Å². The monoisotopic (exact) mass is 342 g/mol. The minimum atomic E-state index is -0.181. The van der Waals surface area contributed by atoms with Crippen LogP contribution < -0.4 is 10.2 Å². The molecule has 2 aromatic rings. The molecule has 1 amide bonds. The van der Waals surface area contributed by atoms with Gasteiger partial charge in [0.1, 0.15) is 0 Å². The molecule has 1 aliphatic rings. The summed E-state index contributed by atoms with van der Waals surface area (Å²) in [4.78, 5) is 14.8. The van der Waals surface area contributed by atoms with Crippen molar-refractivity contribution in [1.82, 2.24) is 0 Å². The summed E-state index contributed by atoms with van der Waals surface area (Å²) in [5, 5.41) is 3.40. The number of aryl methyl sites for hydroxylation is 1. The third-order valence-corrected chi connectivity index (χ3v) is 4.94. The first kappa shape index (κ1) is 16.8. The number of nitrogens with one attached hydrogen (secondary N) is 1. The Kier molecular flexibility index (Phi) is 5.10. The predicted molar refractivity (Wildman–Crippen MR) is 101 cm³/mol. The van der Waals surface area contributed by atoms with E-state index in [1.54, 1.807) is 12.1 Å². The van der Waals surface area contributed by atoms with Crippen molar-refractivity contribution in [2.75, 3.05) is 16.8 Å². The Bertz CT molecular complexity index is 727. The van der Waals surface area contributed by atoms with Gasteiger partial charge in [0.15, 0.2) is 0 Å². The zero-order chi connectivity index (χ0) is 17.1. The highest BCUT2D eigenvalue weighted by Crippen LogP contribution is 2.26. The van der Waals surface area contributed by atoms with Crippen LogP contribution in [0.5, 0.6) is 0 Å². The van der Waals surface area contributed by atoms with Gasteiger partial charge in [-0.3, -0.25) is 4.79 Å². The lowest BCUT2D eigenvalue weighted by atomic mass is 10.0. The number of rotatable bonds is 3. The molecule has 1 fully saturated rings. The van der Waals surface area contributed by atoms with Crippen molar-refractivity contribution in [3.05, 3.63) is 58.6 Å². The zero-order valence-electron chi connectivity index (χ0n) is 14.2. The molecule has 1 heterocycles. The second-order valence-electron chi connectivity index (χ2n) is 6.52. The van der Waals surface area contributed by atoms with Crippen molar-refractivity contribution in [2.45, 2.75) is 39.2 Å². The van der Waals surface area contributed by atoms with E-state index in [2.05, 4.69) is 29.3 Å². The molecule has 0 aromatic heterocycles. The molecule has 1 saturated heterocycles. The second-order valence-corrected chi connectivity index (χ2v) is 6.93. The molecule has 0 bridgehead atoms. The van der Waals surface area contributed by atoms with Gasteiger partial charge in [0.05, 0.1) is 10.6 Å². The van der Waals surface area contributed by atoms with Crippen molar-refractivity contribution >= 4 is 28.9 Å². The van der Waals surface area contributed by atoms with Crippen molar-refractivity contribution < 1.29 is 4.79 Å². The Labute approximate surface area is 148 Å². The van der Waals surface area contributed by atoms with E-state index < -0.39 is 0 Å². The Morgan fingerprint density at radius 1 is 1.17 bits per heavy atom. The summed E-state index contributed by atoms with van der Waals surface area (Å²) < 4.78 is 0. The van der Waals surface area contributed by atoms with Crippen LogP contribution in [0.25, 0.3) is 0 Å². The molecule has 3 nitrogen and oxygen atoms in total. The molecule has 0 radical (unpaired) electrons. The number of nitrogens with zero attached hydrogens (tertiary/aromatic N) is 1. The first-order valence-corrected chi connectivity index (χ1v) is 8.86. The number of carbonyl (C=O) groups is 1. The van der Waals surface area contributed by atoms with Crippen LogP contribution >= 0.6 is 11.6 Å². The molecule has 0 saturated carbocycles. The number of piperidine rings is 1. The quantitative estimate of drug-likeness (QED) is 0.823. The van der Waals surface area contributed by atoms with Crippen molar-refractivity contribution in [2.24, 2.45) is 0 Å². The average molecular weight is 343 g/mol. The van der Waals surface area contributed by atoms with E-state index in [-0.39, 0.29) is 5.91 Å². The van der Waals surface area contributed by atoms with Crippen LogP contribution in [0.2, 0.25) is 5.02 Å². The molecule has 126 valence electrons. The highest BCUT2D eigenvalue weighted by Gasteiger charge is 2.18. The van der Waals surface area contributed by atoms with E-state index in [9.17, 15) is 4.79 Å². The molecular weight excluding hydrogens is 320 g/mol. The molecule has 1 N–H and O–H groups in total. The Morgan fingerprint density at radius 2 is 1.92 bits per heavy atom. The van der Waals surface area contributed by atoms with E-state index in [1.807, 2.05) is 25.1 Å². The SMILES string of the molecule is Cc1ccc(C(=O)Nc2ccc(N3CCCC[C@@H]3C)cc2)c(Cl)c1. The van der Waals surface area contributed by atoms with Gasteiger partial charge in [-0.25, -0.2) is 0 Å². The summed E-state index contributed by atoms with van der Waals surface area (Å²) in [5.41, 5.74) is 3.53. The molecule has 4 heteroatoms. The van der Waals surface area contributed by atoms with Crippen LogP contribution in [0.15, 0.2) is 42.5 Å². The van der Waals surface area contributed by atoms with E-state index >= 15 is 0 Å². The summed E-state index contributed by atoms with van der Waals surface area (Å²) in [6, 6.07) is 14.1. The maximum Gasteiger partial charge on any atom is 0.257 e. The van der Waals surface area contributed by atoms with E-state index in [0.717, 1.165) is 17.8 Å². The number of hydrogen-bond donors (Lipinski definition) is 1. The number of hydrogen-bond acceptors (Lipinski definition) is 2. The molecule has 1 atom stereocenters. The van der Waals surface area contributed by atoms with Gasteiger partial charge in [-0.05, 0) is 75.1 Å². The fraction of sp³-hybridized carbons (Fsp3) is 0.350. The number of halogens is 1. The van der Waals surface area contributed by atoms with Gasteiger partial charge in [0.2, 0.25) is 0 Å². The summed E-state index contributed by atoms with van der Waals surface area (Å²) in [7, 11) is 0. The largest absolute Gasteiger partial charge is 0.369 e. The molecular formula is C20H23ClN2O. The van der Waals surface area contributed by atoms with Gasteiger partial charge in [0.25, 0.3) is 5.91 Å². The molecule has 24 heavy (non-hydrogen) atoms. The van der Waals surface area contributed by atoms with Gasteiger partial charge in [-0.15, -0.1) is 0 Å². The van der Waals surface area contributed by atoms with Crippen LogP contribution in [0.1, 0.15) is 42.1 Å². The number of carbonyl (C=O) groups excluding carboxylic acids is 1. The van der Waals surface area contributed by atoms with E-state index in [1.165, 1.54) is 24.9 Å². The highest BCUT2D eigenvalue weighted by atomic mass is 35.5. The first-order chi connectivity index (χ1) is 11.5. The summed E-state index contributed by atoms with van der Waals surface area (Å²) in [6.45, 7) is 5.33. The van der Waals surface area contributed by atoms with E-state index in [4.69, 9.17) is 11.6 Å². The van der Waals surface area contributed by atoms with Gasteiger partial charge < -0.3 is 10.2 Å². The number of anilines is 2. The Hall–Kier alpha value is -2.00. The van der Waals surface area contributed by atoms with E-state index in [0.29, 0.717) is 16.6 Å². The molecule has 3 rings (SSSR count). The standard InChI is InChI=1S/C20H23ClN2O/c1-14-6-11-18(19(21)13-14)20(24)22-16-7-9-17(10-8-16)23-12-4-3-5-15(23)2/h6-11,13,15H,3-5,12H2,1-2H3,(H,22,24)/t15-/m0/s1. The summed E-state index contributed by atoms with van der Waals surface area (Å²) in [6.07, 6.45) is 3.79. The van der Waals surface area contributed by atoms with Gasteiger partial charge in [-0.2, -0.15) is 0 Å². The maximum absolute atomic E-state index is 12.4. The normalized spacial score (nSPS) is 17.6. The smallest absolute Gasteiger partial charge is 0.257 e. The van der Waals surface area contributed by atoms with Crippen LogP contribution in [0, 0.1) is 6.92 Å². The van der Waals surface area contributed by atoms with Crippen molar-refractivity contribution in [3.63, 3.8) is 0 Å². The third-order valence-electron chi connectivity index (χ3n) is 4.63. The Balaban J connectivity index is 1.70. The van der Waals surface area contributed by atoms with Crippen molar-refractivity contribution in [3.8, 4) is 0 Å². The number of benzene rings is 2. The first-order valence-electron chi connectivity index (χ1n) is 8.49. The molecule has 0 unspecified atom stereocenters. The maximum atomic E-state index is 12.4. The molecule has 0 aliphatic carbocycles. The third kappa shape index (κ3) is 3.73. The second kappa shape index (κ2) is 7.27. The van der Waals surface area contributed by atoms with Gasteiger partial charge in [0, 0.05) is 24.0 Å². The number of amides is 1. The van der Waals surface area contributed by atoms with Gasteiger partial charge >= 0.3 is 0 Å². The molecule has 1 aliphatic heterocycles. The highest BCUT2D eigenvalue weighted by molar-refractivity contribution is 6.34. The van der Waals surface area contributed by atoms with Crippen molar-refractivity contribution in [1.29, 1.82) is 0 Å². The lowest BCUT2D eigenvalue weighted by Crippen LogP contribution is -2.37. The zero-order valence-corrected chi connectivity index (χ0v) is 14.9. The van der Waals surface area contributed by atoms with Crippen LogP contribution in [0.3, 0.4) is 0 Å². The minimum absolute atomic E-state index is 0.181. The van der Waals surface area contributed by atoms with Gasteiger partial charge in [-0.1, -0.05) is 17.7 Å². The molecule has 2 aromatic carbocycles. The molecule has 0 spiro atoms. The average Bonchev–Trinajstić information content (AvgIpc) is 2.56. The fourth-order valence-electron chi connectivity index (χ4n) is 3.22. The Morgan fingerprint density at radius 3 is 2.58 bits per heavy atom. The lowest BCUT2D eigenvalue weighted by Gasteiger charge is -2.35. The van der Waals surface area contributed by atoms with Crippen LogP contribution in [-0.4, -0.2) is 18.5 Å². The predicted octanol–water partition coefficient (Wildman–Crippen LogP) is 5.28. The topological polar surface area (TPSA) is 32.3 Å². The summed E-state index contributed by atoms with van der Waals surface area (Å²) >= 11 is 6.17. The minimum Gasteiger partial charge on any atom is -0.369 e. The lowest BCUT2D eigenvalue weighted by molar-refractivity contribution is 0.102. The summed E-state index contributed by atoms with van der Waals surface area (Å²) in [5.74, 6) is -0.181. The van der Waals surface area contributed by atoms with Crippen LogP contribution in [-0.2, 0) is 0 Å². The fourth-order valence-corrected chi connectivity index (χ4v) is 3.54.